The SMILES string of the molecule is CCCC(=O)NC1CNCCC1CC(C)C. The molecule has 0 radical (unpaired) electrons. The molecule has 0 aromatic heterocycles. The lowest BCUT2D eigenvalue weighted by molar-refractivity contribution is -0.122. The Morgan fingerprint density at radius 2 is 2.25 bits per heavy atom. The fraction of sp³-hybridized carbons (Fsp3) is 0.923. The van der Waals surface area contributed by atoms with Gasteiger partial charge in [-0.25, -0.2) is 0 Å². The van der Waals surface area contributed by atoms with Crippen molar-refractivity contribution < 1.29 is 4.79 Å². The van der Waals surface area contributed by atoms with Gasteiger partial charge in [-0.1, -0.05) is 20.8 Å². The van der Waals surface area contributed by atoms with E-state index in [-0.39, 0.29) is 5.91 Å². The average Bonchev–Trinajstić information content (AvgIpc) is 2.20. The van der Waals surface area contributed by atoms with E-state index in [0.29, 0.717) is 24.3 Å². The van der Waals surface area contributed by atoms with Crippen LogP contribution < -0.4 is 10.6 Å². The van der Waals surface area contributed by atoms with Crippen LogP contribution >= 0.6 is 0 Å². The fourth-order valence-corrected chi connectivity index (χ4v) is 2.48. The van der Waals surface area contributed by atoms with Gasteiger partial charge in [-0.15, -0.1) is 0 Å². The summed E-state index contributed by atoms with van der Waals surface area (Å²) in [6.07, 6.45) is 4.00. The normalized spacial score (nSPS) is 25.8. The Morgan fingerprint density at radius 3 is 2.88 bits per heavy atom. The molecule has 3 nitrogen and oxygen atoms in total. The maximum Gasteiger partial charge on any atom is 0.220 e. The molecule has 1 aliphatic rings. The smallest absolute Gasteiger partial charge is 0.220 e. The Balaban J connectivity index is 2.43. The first kappa shape index (κ1) is 13.5. The Labute approximate surface area is 99.4 Å². The summed E-state index contributed by atoms with van der Waals surface area (Å²) >= 11 is 0. The van der Waals surface area contributed by atoms with E-state index in [0.717, 1.165) is 19.5 Å². The molecule has 1 amide bonds. The van der Waals surface area contributed by atoms with Gasteiger partial charge in [0.1, 0.15) is 0 Å². The fourth-order valence-electron chi connectivity index (χ4n) is 2.48. The van der Waals surface area contributed by atoms with Crippen LogP contribution in [0.15, 0.2) is 0 Å². The van der Waals surface area contributed by atoms with Crippen LogP contribution in [0.1, 0.15) is 46.5 Å². The van der Waals surface area contributed by atoms with Gasteiger partial charge in [0.2, 0.25) is 5.91 Å². The third-order valence-electron chi connectivity index (χ3n) is 3.22. The van der Waals surface area contributed by atoms with E-state index < -0.39 is 0 Å². The molecule has 1 fully saturated rings. The van der Waals surface area contributed by atoms with E-state index in [1.807, 2.05) is 6.92 Å². The quantitative estimate of drug-likeness (QED) is 0.752. The minimum Gasteiger partial charge on any atom is -0.352 e. The van der Waals surface area contributed by atoms with E-state index in [1.165, 1.54) is 12.8 Å². The van der Waals surface area contributed by atoms with Crippen LogP contribution in [-0.2, 0) is 4.79 Å². The van der Waals surface area contributed by atoms with Gasteiger partial charge in [-0.3, -0.25) is 4.79 Å². The standard InChI is InChI=1S/C13H26N2O/c1-4-5-13(16)15-12-9-14-7-6-11(12)8-10(2)3/h10-12,14H,4-9H2,1-3H3,(H,15,16). The summed E-state index contributed by atoms with van der Waals surface area (Å²) in [5.41, 5.74) is 0. The highest BCUT2D eigenvalue weighted by Gasteiger charge is 2.26. The van der Waals surface area contributed by atoms with Crippen LogP contribution in [0.5, 0.6) is 0 Å². The van der Waals surface area contributed by atoms with E-state index in [4.69, 9.17) is 0 Å². The first-order chi connectivity index (χ1) is 7.63. The van der Waals surface area contributed by atoms with Crippen LogP contribution in [0.3, 0.4) is 0 Å². The number of carbonyl (C=O) groups is 1. The van der Waals surface area contributed by atoms with Crippen molar-refractivity contribution in [1.29, 1.82) is 0 Å². The minimum absolute atomic E-state index is 0.213. The van der Waals surface area contributed by atoms with Crippen LogP contribution in [0.2, 0.25) is 0 Å². The molecule has 0 aromatic carbocycles. The lowest BCUT2D eigenvalue weighted by Gasteiger charge is -2.33. The van der Waals surface area contributed by atoms with Gasteiger partial charge in [0.25, 0.3) is 0 Å². The van der Waals surface area contributed by atoms with Crippen molar-refractivity contribution in [3.05, 3.63) is 0 Å². The largest absolute Gasteiger partial charge is 0.352 e. The average molecular weight is 226 g/mol. The van der Waals surface area contributed by atoms with Gasteiger partial charge in [0.15, 0.2) is 0 Å². The molecule has 3 heteroatoms. The highest BCUT2D eigenvalue weighted by molar-refractivity contribution is 5.76. The molecule has 2 atom stereocenters. The van der Waals surface area contributed by atoms with Gasteiger partial charge in [-0.05, 0) is 37.6 Å². The molecule has 1 heterocycles. The number of piperidine rings is 1. The summed E-state index contributed by atoms with van der Waals surface area (Å²) in [6, 6.07) is 0.343. The van der Waals surface area contributed by atoms with Gasteiger partial charge in [-0.2, -0.15) is 0 Å². The van der Waals surface area contributed by atoms with E-state index >= 15 is 0 Å². The predicted molar refractivity (Wildman–Crippen MR) is 67.3 cm³/mol. The van der Waals surface area contributed by atoms with E-state index in [2.05, 4.69) is 24.5 Å². The second-order valence-electron chi connectivity index (χ2n) is 5.31. The summed E-state index contributed by atoms with van der Waals surface area (Å²) in [7, 11) is 0. The molecular weight excluding hydrogens is 200 g/mol. The van der Waals surface area contributed by atoms with Crippen LogP contribution in [0, 0.1) is 11.8 Å². The Kier molecular flexibility index (Phi) is 5.81. The summed E-state index contributed by atoms with van der Waals surface area (Å²) in [5.74, 6) is 1.58. The third-order valence-corrected chi connectivity index (χ3v) is 3.22. The zero-order valence-corrected chi connectivity index (χ0v) is 10.9. The minimum atomic E-state index is 0.213. The second-order valence-corrected chi connectivity index (χ2v) is 5.31. The molecule has 1 rings (SSSR count). The van der Waals surface area contributed by atoms with Gasteiger partial charge in [0.05, 0.1) is 0 Å². The Bertz CT molecular complexity index is 216. The molecule has 1 aliphatic heterocycles. The topological polar surface area (TPSA) is 41.1 Å². The Morgan fingerprint density at radius 1 is 1.50 bits per heavy atom. The number of amides is 1. The van der Waals surface area contributed by atoms with Gasteiger partial charge >= 0.3 is 0 Å². The molecule has 0 spiro atoms. The third kappa shape index (κ3) is 4.52. The van der Waals surface area contributed by atoms with E-state index in [9.17, 15) is 4.79 Å². The van der Waals surface area contributed by atoms with E-state index in [1.54, 1.807) is 0 Å². The molecule has 16 heavy (non-hydrogen) atoms. The molecule has 1 saturated heterocycles. The summed E-state index contributed by atoms with van der Waals surface area (Å²) in [6.45, 7) is 8.59. The molecule has 94 valence electrons. The number of nitrogens with one attached hydrogen (secondary N) is 2. The van der Waals surface area contributed by atoms with Crippen molar-refractivity contribution in [3.63, 3.8) is 0 Å². The molecule has 0 saturated carbocycles. The van der Waals surface area contributed by atoms with Crippen molar-refractivity contribution in [2.75, 3.05) is 13.1 Å². The monoisotopic (exact) mass is 226 g/mol. The number of carbonyl (C=O) groups excluding carboxylic acids is 1. The van der Waals surface area contributed by atoms with Crippen molar-refractivity contribution in [2.24, 2.45) is 11.8 Å². The van der Waals surface area contributed by atoms with Crippen molar-refractivity contribution in [3.8, 4) is 0 Å². The van der Waals surface area contributed by atoms with Crippen LogP contribution in [-0.4, -0.2) is 25.0 Å². The Hall–Kier alpha value is -0.570. The molecule has 0 bridgehead atoms. The molecule has 2 unspecified atom stereocenters. The first-order valence-corrected chi connectivity index (χ1v) is 6.63. The first-order valence-electron chi connectivity index (χ1n) is 6.63. The lowest BCUT2D eigenvalue weighted by atomic mass is 9.85. The second kappa shape index (κ2) is 6.89. The molecular formula is C13H26N2O. The molecule has 0 aromatic rings. The number of hydrogen-bond donors (Lipinski definition) is 2. The van der Waals surface area contributed by atoms with Gasteiger partial charge in [0, 0.05) is 19.0 Å². The highest BCUT2D eigenvalue weighted by Crippen LogP contribution is 2.21. The maximum absolute atomic E-state index is 11.6. The molecule has 2 N–H and O–H groups in total. The summed E-state index contributed by atoms with van der Waals surface area (Å²) < 4.78 is 0. The predicted octanol–water partition coefficient (Wildman–Crippen LogP) is 1.93. The van der Waals surface area contributed by atoms with Crippen LogP contribution in [0.25, 0.3) is 0 Å². The zero-order valence-electron chi connectivity index (χ0n) is 10.9. The zero-order chi connectivity index (χ0) is 12.0. The van der Waals surface area contributed by atoms with Crippen molar-refractivity contribution >= 4 is 5.91 Å². The van der Waals surface area contributed by atoms with Crippen molar-refractivity contribution in [1.82, 2.24) is 10.6 Å². The van der Waals surface area contributed by atoms with Crippen LogP contribution in [0.4, 0.5) is 0 Å². The summed E-state index contributed by atoms with van der Waals surface area (Å²) in [4.78, 5) is 11.6. The lowest BCUT2D eigenvalue weighted by Crippen LogP contribution is -2.51. The number of hydrogen-bond acceptors (Lipinski definition) is 2. The summed E-state index contributed by atoms with van der Waals surface area (Å²) in [5, 5.41) is 6.54. The van der Waals surface area contributed by atoms with Crippen molar-refractivity contribution in [2.45, 2.75) is 52.5 Å². The van der Waals surface area contributed by atoms with Gasteiger partial charge < -0.3 is 10.6 Å². The number of rotatable bonds is 5. The molecule has 0 aliphatic carbocycles. The highest BCUT2D eigenvalue weighted by atomic mass is 16.1. The maximum atomic E-state index is 11.6.